The average molecular weight is 402 g/mol. The van der Waals surface area contributed by atoms with Crippen molar-refractivity contribution in [2.75, 3.05) is 18.5 Å². The quantitative estimate of drug-likeness (QED) is 0.606. The zero-order valence-corrected chi connectivity index (χ0v) is 16.4. The summed E-state index contributed by atoms with van der Waals surface area (Å²) in [7, 11) is 0. The number of benzene rings is 2. The molecule has 3 aromatic rings. The van der Waals surface area contributed by atoms with Crippen LogP contribution in [0.4, 0.5) is 11.4 Å². The summed E-state index contributed by atoms with van der Waals surface area (Å²) in [4.78, 5) is 28.2. The molecule has 1 aliphatic heterocycles. The highest BCUT2D eigenvalue weighted by Crippen LogP contribution is 2.39. The van der Waals surface area contributed by atoms with Crippen LogP contribution in [-0.4, -0.2) is 30.0 Å². The summed E-state index contributed by atoms with van der Waals surface area (Å²) >= 11 is 0. The van der Waals surface area contributed by atoms with E-state index in [-0.39, 0.29) is 5.56 Å². The number of imide groups is 1. The van der Waals surface area contributed by atoms with E-state index in [4.69, 9.17) is 9.47 Å². The number of nitriles is 1. The SMILES string of the molecule is CCOc1ccc2c(Nc3ccc4c(c3)C(=O)NC4=O)c(C#N)cnc2c1OCC. The molecular formula is C22H18N4O4. The summed E-state index contributed by atoms with van der Waals surface area (Å²) < 4.78 is 11.4. The van der Waals surface area contributed by atoms with Crippen molar-refractivity contribution in [1.82, 2.24) is 10.3 Å². The van der Waals surface area contributed by atoms with Crippen LogP contribution >= 0.6 is 0 Å². The van der Waals surface area contributed by atoms with Crippen molar-refractivity contribution in [3.05, 3.63) is 53.2 Å². The second kappa shape index (κ2) is 7.72. The third-order valence-corrected chi connectivity index (χ3v) is 4.67. The van der Waals surface area contributed by atoms with Crippen molar-refractivity contribution in [2.24, 2.45) is 0 Å². The first kappa shape index (κ1) is 19.2. The molecule has 1 aromatic heterocycles. The zero-order chi connectivity index (χ0) is 21.3. The third-order valence-electron chi connectivity index (χ3n) is 4.67. The lowest BCUT2D eigenvalue weighted by Crippen LogP contribution is -2.19. The number of amides is 2. The molecule has 0 saturated heterocycles. The molecule has 2 amide bonds. The number of ether oxygens (including phenoxy) is 2. The Morgan fingerprint density at radius 3 is 2.57 bits per heavy atom. The number of nitrogens with one attached hydrogen (secondary N) is 2. The molecule has 0 bridgehead atoms. The van der Waals surface area contributed by atoms with Gasteiger partial charge in [-0.2, -0.15) is 5.26 Å². The molecular weight excluding hydrogens is 384 g/mol. The Kier molecular flexibility index (Phi) is 4.94. The summed E-state index contributed by atoms with van der Waals surface area (Å²) in [6, 6.07) is 10.6. The zero-order valence-electron chi connectivity index (χ0n) is 16.4. The maximum Gasteiger partial charge on any atom is 0.259 e. The molecule has 8 heteroatoms. The lowest BCUT2D eigenvalue weighted by atomic mass is 10.1. The second-order valence-electron chi connectivity index (χ2n) is 6.48. The molecule has 0 saturated carbocycles. The Hall–Kier alpha value is -4.12. The summed E-state index contributed by atoms with van der Waals surface area (Å²) in [6.45, 7) is 4.66. The number of nitrogens with zero attached hydrogens (tertiary/aromatic N) is 2. The van der Waals surface area contributed by atoms with Gasteiger partial charge >= 0.3 is 0 Å². The number of rotatable bonds is 6. The minimum Gasteiger partial charge on any atom is -0.490 e. The van der Waals surface area contributed by atoms with Crippen LogP contribution in [0.15, 0.2) is 36.5 Å². The Morgan fingerprint density at radius 1 is 1.07 bits per heavy atom. The molecule has 0 aliphatic carbocycles. The molecule has 1 aliphatic rings. The van der Waals surface area contributed by atoms with Crippen molar-refractivity contribution >= 4 is 34.1 Å². The number of hydrogen-bond donors (Lipinski definition) is 2. The molecule has 0 fully saturated rings. The normalized spacial score (nSPS) is 12.3. The fourth-order valence-electron chi connectivity index (χ4n) is 3.38. The fourth-order valence-corrected chi connectivity index (χ4v) is 3.38. The van der Waals surface area contributed by atoms with Gasteiger partial charge < -0.3 is 14.8 Å². The molecule has 8 nitrogen and oxygen atoms in total. The van der Waals surface area contributed by atoms with Gasteiger partial charge in [0.05, 0.1) is 35.6 Å². The van der Waals surface area contributed by atoms with Gasteiger partial charge in [-0.1, -0.05) is 0 Å². The van der Waals surface area contributed by atoms with Crippen molar-refractivity contribution in [1.29, 1.82) is 5.26 Å². The molecule has 2 heterocycles. The Morgan fingerprint density at radius 2 is 1.83 bits per heavy atom. The highest BCUT2D eigenvalue weighted by atomic mass is 16.5. The molecule has 0 radical (unpaired) electrons. The maximum atomic E-state index is 12.0. The number of aromatic nitrogens is 1. The summed E-state index contributed by atoms with van der Waals surface area (Å²) in [5.41, 5.74) is 2.58. The van der Waals surface area contributed by atoms with Crippen LogP contribution in [0, 0.1) is 11.3 Å². The number of pyridine rings is 1. The number of carbonyl (C=O) groups excluding carboxylic acids is 2. The van der Waals surface area contributed by atoms with E-state index in [2.05, 4.69) is 21.7 Å². The van der Waals surface area contributed by atoms with Crippen LogP contribution in [0.5, 0.6) is 11.5 Å². The van der Waals surface area contributed by atoms with Gasteiger partial charge in [0.25, 0.3) is 11.8 Å². The monoisotopic (exact) mass is 402 g/mol. The van der Waals surface area contributed by atoms with Crippen LogP contribution < -0.4 is 20.1 Å². The molecule has 2 aromatic carbocycles. The van der Waals surface area contributed by atoms with Gasteiger partial charge in [0, 0.05) is 17.3 Å². The Balaban J connectivity index is 1.85. The van der Waals surface area contributed by atoms with Gasteiger partial charge in [-0.3, -0.25) is 19.9 Å². The number of carbonyl (C=O) groups is 2. The molecule has 2 N–H and O–H groups in total. The lowest BCUT2D eigenvalue weighted by molar-refractivity contribution is 0.0879. The van der Waals surface area contributed by atoms with Gasteiger partial charge in [-0.15, -0.1) is 0 Å². The van der Waals surface area contributed by atoms with Crippen molar-refractivity contribution in [3.63, 3.8) is 0 Å². The van der Waals surface area contributed by atoms with Crippen LogP contribution in [-0.2, 0) is 0 Å². The number of anilines is 2. The van der Waals surface area contributed by atoms with Gasteiger partial charge in [-0.25, -0.2) is 0 Å². The van der Waals surface area contributed by atoms with E-state index in [1.54, 1.807) is 24.3 Å². The lowest BCUT2D eigenvalue weighted by Gasteiger charge is -2.16. The van der Waals surface area contributed by atoms with Gasteiger partial charge in [0.1, 0.15) is 11.6 Å². The van der Waals surface area contributed by atoms with E-state index >= 15 is 0 Å². The van der Waals surface area contributed by atoms with Crippen molar-refractivity contribution in [2.45, 2.75) is 13.8 Å². The van der Waals surface area contributed by atoms with E-state index in [9.17, 15) is 14.9 Å². The van der Waals surface area contributed by atoms with E-state index in [1.165, 1.54) is 6.20 Å². The molecule has 0 atom stereocenters. The smallest absolute Gasteiger partial charge is 0.259 e. The van der Waals surface area contributed by atoms with E-state index < -0.39 is 11.8 Å². The fraction of sp³-hybridized carbons (Fsp3) is 0.182. The third kappa shape index (κ3) is 3.16. The second-order valence-corrected chi connectivity index (χ2v) is 6.48. The maximum absolute atomic E-state index is 12.0. The number of hydrogen-bond acceptors (Lipinski definition) is 7. The predicted molar refractivity (Wildman–Crippen MR) is 110 cm³/mol. The topological polar surface area (TPSA) is 113 Å². The van der Waals surface area contributed by atoms with Crippen LogP contribution in [0.2, 0.25) is 0 Å². The van der Waals surface area contributed by atoms with E-state index in [0.29, 0.717) is 58.1 Å². The minimum atomic E-state index is -0.446. The molecule has 4 rings (SSSR count). The first-order valence-corrected chi connectivity index (χ1v) is 9.45. The van der Waals surface area contributed by atoms with Gasteiger partial charge in [0.15, 0.2) is 11.5 Å². The molecule has 0 spiro atoms. The van der Waals surface area contributed by atoms with E-state index in [1.807, 2.05) is 19.9 Å². The molecule has 150 valence electrons. The van der Waals surface area contributed by atoms with Crippen molar-refractivity contribution < 1.29 is 19.1 Å². The largest absolute Gasteiger partial charge is 0.490 e. The van der Waals surface area contributed by atoms with Crippen molar-refractivity contribution in [3.8, 4) is 17.6 Å². The van der Waals surface area contributed by atoms with E-state index in [0.717, 1.165) is 0 Å². The average Bonchev–Trinajstić information content (AvgIpc) is 3.03. The highest BCUT2D eigenvalue weighted by molar-refractivity contribution is 6.21. The first-order chi connectivity index (χ1) is 14.6. The van der Waals surface area contributed by atoms with Crippen LogP contribution in [0.25, 0.3) is 10.9 Å². The molecule has 0 unspecified atom stereocenters. The van der Waals surface area contributed by atoms with Crippen LogP contribution in [0.1, 0.15) is 40.1 Å². The summed E-state index contributed by atoms with van der Waals surface area (Å²) in [6.07, 6.45) is 1.46. The standard InChI is InChI=1S/C22H18N4O4/c1-3-29-17-8-7-15-18(12(10-23)11-24-19(15)20(17)30-4-2)25-13-5-6-14-16(9-13)22(28)26-21(14)27/h5-9,11H,3-4H2,1-2H3,(H,24,25)(H,26,27,28). The predicted octanol–water partition coefficient (Wildman–Crippen LogP) is 3.53. The number of fused-ring (bicyclic) bond motifs is 2. The first-order valence-electron chi connectivity index (χ1n) is 9.45. The minimum absolute atomic E-state index is 0.288. The Labute approximate surface area is 172 Å². The van der Waals surface area contributed by atoms with Crippen LogP contribution in [0.3, 0.4) is 0 Å². The molecule has 30 heavy (non-hydrogen) atoms. The summed E-state index contributed by atoms with van der Waals surface area (Å²) in [5.74, 6) is 0.211. The Bertz CT molecular complexity index is 1230. The van der Waals surface area contributed by atoms with Gasteiger partial charge in [-0.05, 0) is 44.2 Å². The highest BCUT2D eigenvalue weighted by Gasteiger charge is 2.27. The van der Waals surface area contributed by atoms with Gasteiger partial charge in [0.2, 0.25) is 0 Å². The summed E-state index contributed by atoms with van der Waals surface area (Å²) in [5, 5.41) is 15.7.